The third-order valence-corrected chi connectivity index (χ3v) is 4.98. The Balaban J connectivity index is 1.46. The van der Waals surface area contributed by atoms with Crippen molar-refractivity contribution in [1.29, 1.82) is 0 Å². The Kier molecular flexibility index (Phi) is 5.20. The molecule has 2 aromatic rings. The van der Waals surface area contributed by atoms with Gasteiger partial charge in [0.2, 0.25) is 11.0 Å². The maximum absolute atomic E-state index is 12.3. The fraction of sp³-hybridized carbons (Fsp3) is 0.412. The van der Waals surface area contributed by atoms with E-state index in [0.717, 1.165) is 23.2 Å². The topological polar surface area (TPSA) is 66.4 Å². The first-order valence-corrected chi connectivity index (χ1v) is 8.86. The number of ketones is 1. The second-order valence-electron chi connectivity index (χ2n) is 5.76. The maximum Gasteiger partial charge on any atom is 0.223 e. The fourth-order valence-corrected chi connectivity index (χ4v) is 3.45. The van der Waals surface area contributed by atoms with Crippen molar-refractivity contribution in [3.05, 3.63) is 40.9 Å². The number of carbonyl (C=O) groups is 2. The van der Waals surface area contributed by atoms with E-state index in [4.69, 9.17) is 0 Å². The average molecular weight is 344 g/mol. The van der Waals surface area contributed by atoms with Crippen LogP contribution in [0.1, 0.15) is 28.2 Å². The molecule has 0 bridgehead atoms. The summed E-state index contributed by atoms with van der Waals surface area (Å²) in [5, 5.41) is 10.0. The summed E-state index contributed by atoms with van der Waals surface area (Å²) in [7, 11) is 0. The molecule has 0 spiro atoms. The molecular weight excluding hydrogens is 324 g/mol. The summed E-state index contributed by atoms with van der Waals surface area (Å²) in [6.45, 7) is 4.78. The lowest BCUT2D eigenvalue weighted by atomic mass is 10.1. The Morgan fingerprint density at radius 3 is 2.38 bits per heavy atom. The Bertz CT molecular complexity index is 708. The van der Waals surface area contributed by atoms with Gasteiger partial charge in [-0.2, -0.15) is 0 Å². The van der Waals surface area contributed by atoms with Gasteiger partial charge in [0.15, 0.2) is 5.78 Å². The third kappa shape index (κ3) is 3.97. The lowest BCUT2D eigenvalue weighted by Gasteiger charge is -2.34. The molecule has 1 amide bonds. The highest BCUT2D eigenvalue weighted by molar-refractivity contribution is 7.15. The van der Waals surface area contributed by atoms with Crippen LogP contribution in [0.5, 0.6) is 0 Å². The predicted molar refractivity (Wildman–Crippen MR) is 93.4 cm³/mol. The summed E-state index contributed by atoms with van der Waals surface area (Å²) in [5.74, 6) is 0.0688. The molecule has 1 fully saturated rings. The van der Waals surface area contributed by atoms with E-state index in [-0.39, 0.29) is 24.5 Å². The van der Waals surface area contributed by atoms with Crippen molar-refractivity contribution >= 4 is 28.2 Å². The van der Waals surface area contributed by atoms with Crippen LogP contribution in [0, 0.1) is 6.92 Å². The Hall–Kier alpha value is -2.28. The van der Waals surface area contributed by atoms with Crippen molar-refractivity contribution in [3.63, 3.8) is 0 Å². The number of hydrogen-bond acceptors (Lipinski definition) is 6. The number of aryl methyl sites for hydroxylation is 1. The van der Waals surface area contributed by atoms with E-state index in [1.165, 1.54) is 0 Å². The van der Waals surface area contributed by atoms with Crippen LogP contribution in [0.3, 0.4) is 0 Å². The molecule has 1 aliphatic rings. The molecule has 7 heteroatoms. The zero-order chi connectivity index (χ0) is 16.9. The third-order valence-electron chi connectivity index (χ3n) is 4.08. The molecular formula is C17H20N4O2S. The lowest BCUT2D eigenvalue weighted by molar-refractivity contribution is -0.131. The van der Waals surface area contributed by atoms with E-state index in [1.807, 2.05) is 30.0 Å². The zero-order valence-corrected chi connectivity index (χ0v) is 14.5. The van der Waals surface area contributed by atoms with E-state index in [2.05, 4.69) is 15.1 Å². The highest BCUT2D eigenvalue weighted by atomic mass is 32.1. The van der Waals surface area contributed by atoms with Crippen LogP contribution in [0.2, 0.25) is 0 Å². The summed E-state index contributed by atoms with van der Waals surface area (Å²) >= 11 is 1.57. The minimum absolute atomic E-state index is 0.0203. The van der Waals surface area contributed by atoms with E-state index >= 15 is 0 Å². The molecule has 0 aliphatic carbocycles. The Morgan fingerprint density at radius 1 is 1.04 bits per heavy atom. The van der Waals surface area contributed by atoms with E-state index in [1.54, 1.807) is 23.5 Å². The lowest BCUT2D eigenvalue weighted by Crippen LogP contribution is -2.48. The number of anilines is 1. The minimum Gasteiger partial charge on any atom is -0.343 e. The first-order chi connectivity index (χ1) is 11.6. The number of piperazine rings is 1. The van der Waals surface area contributed by atoms with Crippen LogP contribution in [0.25, 0.3) is 0 Å². The monoisotopic (exact) mass is 344 g/mol. The van der Waals surface area contributed by atoms with Crippen molar-refractivity contribution in [3.8, 4) is 0 Å². The van der Waals surface area contributed by atoms with Gasteiger partial charge in [-0.15, -0.1) is 10.2 Å². The van der Waals surface area contributed by atoms with Crippen LogP contribution >= 0.6 is 11.3 Å². The van der Waals surface area contributed by atoms with Crippen LogP contribution in [-0.2, 0) is 4.79 Å². The summed E-state index contributed by atoms with van der Waals surface area (Å²) < 4.78 is 0. The summed E-state index contributed by atoms with van der Waals surface area (Å²) in [4.78, 5) is 28.4. The molecule has 6 nitrogen and oxygen atoms in total. The normalized spacial score (nSPS) is 14.7. The van der Waals surface area contributed by atoms with Gasteiger partial charge < -0.3 is 9.80 Å². The van der Waals surface area contributed by atoms with Gasteiger partial charge in [-0.1, -0.05) is 41.7 Å². The molecule has 3 rings (SSSR count). The molecule has 0 unspecified atom stereocenters. The number of aromatic nitrogens is 2. The number of hydrogen-bond donors (Lipinski definition) is 0. The van der Waals surface area contributed by atoms with Gasteiger partial charge in [0.05, 0.1) is 0 Å². The quantitative estimate of drug-likeness (QED) is 0.778. The highest BCUT2D eigenvalue weighted by Crippen LogP contribution is 2.21. The number of carbonyl (C=O) groups excluding carboxylic acids is 2. The molecule has 1 aliphatic heterocycles. The van der Waals surface area contributed by atoms with E-state index in [9.17, 15) is 9.59 Å². The number of amides is 1. The van der Waals surface area contributed by atoms with Crippen LogP contribution in [-0.4, -0.2) is 53.0 Å². The van der Waals surface area contributed by atoms with Gasteiger partial charge in [0.25, 0.3) is 0 Å². The fourth-order valence-electron chi connectivity index (χ4n) is 2.71. The van der Waals surface area contributed by atoms with Gasteiger partial charge >= 0.3 is 0 Å². The molecule has 24 heavy (non-hydrogen) atoms. The summed E-state index contributed by atoms with van der Waals surface area (Å²) in [6.07, 6.45) is 0.532. The smallest absolute Gasteiger partial charge is 0.223 e. The van der Waals surface area contributed by atoms with Crippen LogP contribution < -0.4 is 4.90 Å². The van der Waals surface area contributed by atoms with Crippen molar-refractivity contribution < 1.29 is 9.59 Å². The number of benzene rings is 1. The number of rotatable bonds is 5. The molecule has 1 saturated heterocycles. The largest absolute Gasteiger partial charge is 0.343 e. The van der Waals surface area contributed by atoms with E-state index < -0.39 is 0 Å². The Morgan fingerprint density at radius 2 is 1.75 bits per heavy atom. The van der Waals surface area contributed by atoms with Crippen molar-refractivity contribution in [2.24, 2.45) is 0 Å². The second-order valence-corrected chi connectivity index (χ2v) is 6.92. The molecule has 126 valence electrons. The number of Topliss-reactive ketones (excluding diaryl/α,β-unsaturated/α-hetero) is 1. The number of nitrogens with zero attached hydrogens (tertiary/aromatic N) is 4. The molecule has 1 aromatic heterocycles. The molecule has 1 aromatic carbocycles. The van der Waals surface area contributed by atoms with Gasteiger partial charge in [-0.25, -0.2) is 0 Å². The van der Waals surface area contributed by atoms with Crippen molar-refractivity contribution in [2.75, 3.05) is 31.1 Å². The standard InChI is InChI=1S/C17H20N4O2S/c1-13-18-19-17(24-13)21-11-9-20(10-12-21)16(23)8-7-15(22)14-5-3-2-4-6-14/h2-6H,7-12H2,1H3. The summed E-state index contributed by atoms with van der Waals surface area (Å²) in [5.41, 5.74) is 0.668. The second kappa shape index (κ2) is 7.53. The molecule has 2 heterocycles. The van der Waals surface area contributed by atoms with E-state index in [0.29, 0.717) is 18.7 Å². The minimum atomic E-state index is 0.0203. The average Bonchev–Trinajstić information content (AvgIpc) is 3.06. The first kappa shape index (κ1) is 16.6. The summed E-state index contributed by atoms with van der Waals surface area (Å²) in [6, 6.07) is 9.12. The van der Waals surface area contributed by atoms with Crippen LogP contribution in [0.15, 0.2) is 30.3 Å². The molecule has 0 atom stereocenters. The molecule has 0 saturated carbocycles. The van der Waals surface area contributed by atoms with Gasteiger partial charge in [0, 0.05) is 44.6 Å². The molecule has 0 radical (unpaired) electrons. The SMILES string of the molecule is Cc1nnc(N2CCN(C(=O)CCC(=O)c3ccccc3)CC2)s1. The van der Waals surface area contributed by atoms with Gasteiger partial charge in [0.1, 0.15) is 5.01 Å². The van der Waals surface area contributed by atoms with Crippen molar-refractivity contribution in [2.45, 2.75) is 19.8 Å². The zero-order valence-electron chi connectivity index (χ0n) is 13.6. The maximum atomic E-state index is 12.3. The van der Waals surface area contributed by atoms with Gasteiger partial charge in [-0.3, -0.25) is 9.59 Å². The first-order valence-electron chi connectivity index (χ1n) is 8.04. The van der Waals surface area contributed by atoms with Crippen LogP contribution in [0.4, 0.5) is 5.13 Å². The van der Waals surface area contributed by atoms with Gasteiger partial charge in [-0.05, 0) is 6.92 Å². The highest BCUT2D eigenvalue weighted by Gasteiger charge is 2.23. The van der Waals surface area contributed by atoms with Crippen molar-refractivity contribution in [1.82, 2.24) is 15.1 Å². The molecule has 0 N–H and O–H groups in total. The predicted octanol–water partition coefficient (Wildman–Crippen LogP) is 2.16. The Labute approximate surface area is 145 Å².